The Balaban J connectivity index is 2.27. The Hall–Kier alpha value is -1.58. The van der Waals surface area contributed by atoms with Gasteiger partial charge in [-0.05, 0) is 19.8 Å². The average molecular weight is 308 g/mol. The molecule has 0 bridgehead atoms. The molecule has 2 rings (SSSR count). The van der Waals surface area contributed by atoms with Crippen LogP contribution in [0.25, 0.3) is 0 Å². The van der Waals surface area contributed by atoms with Gasteiger partial charge in [0, 0.05) is 5.92 Å². The molecule has 21 heavy (non-hydrogen) atoms. The van der Waals surface area contributed by atoms with Crippen LogP contribution in [0.1, 0.15) is 47.5 Å². The van der Waals surface area contributed by atoms with E-state index in [9.17, 15) is 10.1 Å². The lowest BCUT2D eigenvalue weighted by atomic mass is 9.99. The number of quaternary nitrogens is 1. The summed E-state index contributed by atoms with van der Waals surface area (Å²) in [6.45, 7) is 7.17. The van der Waals surface area contributed by atoms with E-state index >= 15 is 0 Å². The summed E-state index contributed by atoms with van der Waals surface area (Å²) in [5.74, 6) is 0.316. The Morgan fingerprint density at radius 2 is 2.38 bits per heavy atom. The summed E-state index contributed by atoms with van der Waals surface area (Å²) in [7, 11) is 0. The number of likely N-dealkylation sites (tertiary alicyclic amines) is 1. The van der Waals surface area contributed by atoms with Crippen molar-refractivity contribution in [3.63, 3.8) is 0 Å². The molecule has 2 atom stereocenters. The van der Waals surface area contributed by atoms with E-state index in [0.717, 1.165) is 18.7 Å². The minimum absolute atomic E-state index is 0.325. The number of esters is 1. The standard InChI is InChI=1S/C15H21N3O2S/c1-3-20-15(19)13-12(11(7-16)14(17)21-13)9-18-6-4-5-10(2)8-18/h10H,3-6,8-9,17H2,1-2H3/p+1/t10-/m1/s1. The summed E-state index contributed by atoms with van der Waals surface area (Å²) in [6, 6.07) is 2.15. The second-order valence-corrected chi connectivity index (χ2v) is 6.66. The van der Waals surface area contributed by atoms with Crippen LogP contribution in [-0.2, 0) is 11.3 Å². The van der Waals surface area contributed by atoms with Gasteiger partial charge in [-0.2, -0.15) is 5.26 Å². The monoisotopic (exact) mass is 308 g/mol. The molecule has 6 heteroatoms. The van der Waals surface area contributed by atoms with E-state index in [1.54, 1.807) is 6.92 Å². The van der Waals surface area contributed by atoms with Crippen molar-refractivity contribution in [2.24, 2.45) is 5.92 Å². The molecule has 0 amide bonds. The Labute approximate surface area is 129 Å². The van der Waals surface area contributed by atoms with Crippen molar-refractivity contribution in [1.29, 1.82) is 5.26 Å². The van der Waals surface area contributed by atoms with Gasteiger partial charge in [0.05, 0.1) is 30.8 Å². The number of nitriles is 1. The highest BCUT2D eigenvalue weighted by Crippen LogP contribution is 2.30. The Morgan fingerprint density at radius 1 is 1.62 bits per heavy atom. The van der Waals surface area contributed by atoms with Crippen molar-refractivity contribution in [1.82, 2.24) is 0 Å². The maximum absolute atomic E-state index is 12.1. The number of carbonyl (C=O) groups excluding carboxylic acids is 1. The van der Waals surface area contributed by atoms with E-state index in [1.807, 2.05) is 0 Å². The number of rotatable bonds is 4. The number of nitrogens with two attached hydrogens (primary N) is 1. The Bertz CT molecular complexity index is 562. The molecule has 0 spiro atoms. The minimum Gasteiger partial charge on any atom is -0.462 e. The number of piperidine rings is 1. The number of thiophene rings is 1. The topological polar surface area (TPSA) is 80.5 Å². The molecule has 0 saturated carbocycles. The highest BCUT2D eigenvalue weighted by Gasteiger charge is 2.28. The summed E-state index contributed by atoms with van der Waals surface area (Å²) in [5, 5.41) is 9.74. The summed E-state index contributed by atoms with van der Waals surface area (Å²) in [4.78, 5) is 14.0. The fourth-order valence-corrected chi connectivity index (χ4v) is 3.88. The summed E-state index contributed by atoms with van der Waals surface area (Å²) < 4.78 is 5.09. The van der Waals surface area contributed by atoms with Gasteiger partial charge < -0.3 is 15.4 Å². The van der Waals surface area contributed by atoms with Gasteiger partial charge in [0.1, 0.15) is 22.5 Å². The van der Waals surface area contributed by atoms with Crippen molar-refractivity contribution in [3.8, 4) is 6.07 Å². The molecular formula is C15H22N3O2S+. The smallest absolute Gasteiger partial charge is 0.348 e. The van der Waals surface area contributed by atoms with E-state index in [-0.39, 0.29) is 5.97 Å². The lowest BCUT2D eigenvalue weighted by Crippen LogP contribution is -3.12. The first kappa shape index (κ1) is 15.8. The zero-order chi connectivity index (χ0) is 15.4. The molecule has 1 aromatic rings. The fraction of sp³-hybridized carbons (Fsp3) is 0.600. The Kier molecular flexibility index (Phi) is 5.21. The third-order valence-corrected chi connectivity index (χ3v) is 4.94. The average Bonchev–Trinajstić information content (AvgIpc) is 2.75. The molecule has 1 fully saturated rings. The molecule has 3 N–H and O–H groups in total. The molecule has 1 aliphatic heterocycles. The van der Waals surface area contributed by atoms with Crippen LogP contribution in [0.2, 0.25) is 0 Å². The predicted molar refractivity (Wildman–Crippen MR) is 82.2 cm³/mol. The first-order chi connectivity index (χ1) is 10.1. The predicted octanol–water partition coefficient (Wildman–Crippen LogP) is 1.19. The number of ether oxygens (including phenoxy) is 1. The largest absolute Gasteiger partial charge is 0.462 e. The molecule has 0 radical (unpaired) electrons. The van der Waals surface area contributed by atoms with Crippen LogP contribution >= 0.6 is 11.3 Å². The molecule has 5 nitrogen and oxygen atoms in total. The van der Waals surface area contributed by atoms with Gasteiger partial charge in [-0.3, -0.25) is 0 Å². The van der Waals surface area contributed by atoms with Gasteiger partial charge in [-0.1, -0.05) is 6.92 Å². The van der Waals surface area contributed by atoms with Crippen LogP contribution in [0.15, 0.2) is 0 Å². The SMILES string of the molecule is CCOC(=O)c1sc(N)c(C#N)c1C[NH+]1CCC[C@@H](C)C1. The van der Waals surface area contributed by atoms with Crippen LogP contribution in [0.4, 0.5) is 5.00 Å². The lowest BCUT2D eigenvalue weighted by molar-refractivity contribution is -0.922. The maximum Gasteiger partial charge on any atom is 0.348 e. The highest BCUT2D eigenvalue weighted by molar-refractivity contribution is 7.18. The number of hydrogen-bond acceptors (Lipinski definition) is 5. The number of nitrogens with one attached hydrogen (secondary N) is 1. The van der Waals surface area contributed by atoms with Crippen molar-refractivity contribution >= 4 is 22.3 Å². The van der Waals surface area contributed by atoms with E-state index in [1.165, 1.54) is 29.1 Å². The first-order valence-electron chi connectivity index (χ1n) is 7.38. The van der Waals surface area contributed by atoms with Crippen LogP contribution in [-0.4, -0.2) is 25.7 Å². The zero-order valence-electron chi connectivity index (χ0n) is 12.6. The quantitative estimate of drug-likeness (QED) is 0.819. The van der Waals surface area contributed by atoms with Crippen molar-refractivity contribution < 1.29 is 14.4 Å². The van der Waals surface area contributed by atoms with Crippen LogP contribution < -0.4 is 10.6 Å². The van der Waals surface area contributed by atoms with Gasteiger partial charge in [-0.15, -0.1) is 11.3 Å². The van der Waals surface area contributed by atoms with E-state index < -0.39 is 0 Å². The molecule has 1 saturated heterocycles. The number of carbonyl (C=O) groups is 1. The van der Waals surface area contributed by atoms with Crippen molar-refractivity contribution in [2.75, 3.05) is 25.4 Å². The van der Waals surface area contributed by atoms with Gasteiger partial charge >= 0.3 is 5.97 Å². The van der Waals surface area contributed by atoms with Gasteiger partial charge in [0.15, 0.2) is 0 Å². The molecule has 1 aromatic heterocycles. The number of hydrogen-bond donors (Lipinski definition) is 2. The van der Waals surface area contributed by atoms with E-state index in [2.05, 4.69) is 13.0 Å². The van der Waals surface area contributed by atoms with Crippen LogP contribution in [0.5, 0.6) is 0 Å². The number of nitrogens with zero attached hydrogens (tertiary/aromatic N) is 1. The molecule has 114 valence electrons. The molecule has 2 heterocycles. The molecule has 0 aliphatic carbocycles. The molecule has 0 aromatic carbocycles. The second kappa shape index (κ2) is 6.92. The Morgan fingerprint density at radius 3 is 3.00 bits per heavy atom. The zero-order valence-corrected chi connectivity index (χ0v) is 13.4. The van der Waals surface area contributed by atoms with Gasteiger partial charge in [0.2, 0.25) is 0 Å². The highest BCUT2D eigenvalue weighted by atomic mass is 32.1. The van der Waals surface area contributed by atoms with Crippen molar-refractivity contribution in [2.45, 2.75) is 33.2 Å². The van der Waals surface area contributed by atoms with Crippen LogP contribution in [0.3, 0.4) is 0 Å². The van der Waals surface area contributed by atoms with E-state index in [0.29, 0.717) is 34.5 Å². The maximum atomic E-state index is 12.1. The second-order valence-electron chi connectivity index (χ2n) is 5.61. The molecule has 1 unspecified atom stereocenters. The first-order valence-corrected chi connectivity index (χ1v) is 8.20. The minimum atomic E-state index is -0.366. The molecular weight excluding hydrogens is 286 g/mol. The number of nitrogen functional groups attached to an aromatic ring is 1. The normalized spacial score (nSPS) is 21.8. The van der Waals surface area contributed by atoms with Crippen LogP contribution in [0, 0.1) is 17.2 Å². The molecule has 1 aliphatic rings. The summed E-state index contributed by atoms with van der Waals surface area (Å²) >= 11 is 1.17. The summed E-state index contributed by atoms with van der Waals surface area (Å²) in [5.41, 5.74) is 7.12. The van der Waals surface area contributed by atoms with Crippen molar-refractivity contribution in [3.05, 3.63) is 16.0 Å². The summed E-state index contributed by atoms with van der Waals surface area (Å²) in [6.07, 6.45) is 2.44. The third kappa shape index (κ3) is 3.55. The van der Waals surface area contributed by atoms with Gasteiger partial charge in [0.25, 0.3) is 0 Å². The number of anilines is 1. The third-order valence-electron chi connectivity index (χ3n) is 3.90. The lowest BCUT2D eigenvalue weighted by Gasteiger charge is -2.27. The van der Waals surface area contributed by atoms with E-state index in [4.69, 9.17) is 10.5 Å². The van der Waals surface area contributed by atoms with Gasteiger partial charge in [-0.25, -0.2) is 4.79 Å². The fourth-order valence-electron chi connectivity index (χ4n) is 2.95.